The van der Waals surface area contributed by atoms with Crippen molar-refractivity contribution in [3.05, 3.63) is 46.5 Å². The van der Waals surface area contributed by atoms with E-state index in [0.29, 0.717) is 16.5 Å². The topological polar surface area (TPSA) is 84.0 Å². The van der Waals surface area contributed by atoms with E-state index in [4.69, 9.17) is 0 Å². The molecule has 2 heterocycles. The summed E-state index contributed by atoms with van der Waals surface area (Å²) >= 11 is 0. The number of nitrogens with zero attached hydrogens (tertiary/aromatic N) is 1. The summed E-state index contributed by atoms with van der Waals surface area (Å²) in [4.78, 5) is 16.3. The highest BCUT2D eigenvalue weighted by molar-refractivity contribution is 7.92. The second kappa shape index (κ2) is 7.80. The number of benzene rings is 1. The van der Waals surface area contributed by atoms with Gasteiger partial charge in [-0.15, -0.1) is 0 Å². The van der Waals surface area contributed by atoms with Crippen LogP contribution in [0.15, 0.2) is 40.2 Å². The number of anilines is 1. The summed E-state index contributed by atoms with van der Waals surface area (Å²) in [5.74, 6) is 0.754. The van der Waals surface area contributed by atoms with Gasteiger partial charge in [0.25, 0.3) is 5.56 Å². The highest BCUT2D eigenvalue weighted by atomic mass is 32.2. The Morgan fingerprint density at radius 1 is 1.03 bits per heavy atom. The molecule has 0 unspecified atom stereocenters. The lowest BCUT2D eigenvalue weighted by atomic mass is 9.87. The lowest BCUT2D eigenvalue weighted by molar-refractivity contribution is 0.361. The van der Waals surface area contributed by atoms with Crippen molar-refractivity contribution in [1.29, 1.82) is 0 Å². The summed E-state index contributed by atoms with van der Waals surface area (Å²) in [6, 6.07) is 7.81. The van der Waals surface area contributed by atoms with E-state index in [1.54, 1.807) is 17.7 Å². The van der Waals surface area contributed by atoms with Crippen LogP contribution in [0.5, 0.6) is 0 Å². The van der Waals surface area contributed by atoms with Crippen LogP contribution in [0.3, 0.4) is 0 Å². The number of aromatic amines is 1. The fourth-order valence-corrected chi connectivity index (χ4v) is 6.61. The molecule has 2 aliphatic carbocycles. The molecule has 170 valence electrons. The number of sulfone groups is 1. The van der Waals surface area contributed by atoms with Crippen LogP contribution in [0.1, 0.15) is 51.1 Å². The van der Waals surface area contributed by atoms with Gasteiger partial charge in [0, 0.05) is 47.2 Å². The Bertz CT molecular complexity index is 1340. The van der Waals surface area contributed by atoms with Crippen molar-refractivity contribution in [2.45, 2.75) is 68.6 Å². The van der Waals surface area contributed by atoms with Crippen molar-refractivity contribution in [1.82, 2.24) is 9.55 Å². The minimum atomic E-state index is -3.32. The first kappa shape index (κ1) is 21.3. The molecule has 0 spiro atoms. The van der Waals surface area contributed by atoms with Crippen LogP contribution in [0.2, 0.25) is 0 Å². The first-order chi connectivity index (χ1) is 15.2. The molecule has 6 nitrogen and oxygen atoms in total. The molecule has 3 aromatic rings. The number of H-pyrrole nitrogens is 1. The summed E-state index contributed by atoms with van der Waals surface area (Å²) in [7, 11) is -1.59. The van der Waals surface area contributed by atoms with Crippen LogP contribution < -0.4 is 10.9 Å². The monoisotopic (exact) mass is 453 g/mol. The lowest BCUT2D eigenvalue weighted by Crippen LogP contribution is -2.25. The average molecular weight is 454 g/mol. The number of aryl methyl sites for hydroxylation is 2. The second-order valence-electron chi connectivity index (χ2n) is 9.75. The molecule has 2 aliphatic rings. The zero-order valence-corrected chi connectivity index (χ0v) is 19.8. The molecule has 0 saturated heterocycles. The summed E-state index contributed by atoms with van der Waals surface area (Å²) < 4.78 is 27.6. The Labute approximate surface area is 189 Å². The first-order valence-electron chi connectivity index (χ1n) is 11.6. The Morgan fingerprint density at radius 3 is 2.44 bits per heavy atom. The van der Waals surface area contributed by atoms with Gasteiger partial charge in [0.2, 0.25) is 0 Å². The molecule has 2 saturated carbocycles. The number of rotatable bonds is 5. The Balaban J connectivity index is 1.67. The van der Waals surface area contributed by atoms with Crippen molar-refractivity contribution in [3.63, 3.8) is 0 Å². The molecular formula is C25H31N3O3S. The Hall–Kier alpha value is -2.54. The van der Waals surface area contributed by atoms with Gasteiger partial charge in [-0.05, 0) is 75.6 Å². The second-order valence-corrected chi connectivity index (χ2v) is 12.0. The van der Waals surface area contributed by atoms with E-state index in [2.05, 4.69) is 17.2 Å². The predicted molar refractivity (Wildman–Crippen MR) is 129 cm³/mol. The highest BCUT2D eigenvalue weighted by Gasteiger charge is 2.37. The Kier molecular flexibility index (Phi) is 5.19. The molecule has 2 fully saturated rings. The van der Waals surface area contributed by atoms with Crippen molar-refractivity contribution in [2.24, 2.45) is 13.0 Å². The third kappa shape index (κ3) is 3.76. The molecular weight excluding hydrogens is 422 g/mol. The van der Waals surface area contributed by atoms with Crippen LogP contribution in [0.25, 0.3) is 22.0 Å². The van der Waals surface area contributed by atoms with Gasteiger partial charge in [0.05, 0.1) is 10.1 Å². The van der Waals surface area contributed by atoms with Crippen molar-refractivity contribution in [2.75, 3.05) is 5.32 Å². The number of aromatic nitrogens is 2. The maximum absolute atomic E-state index is 13.0. The number of hydrogen-bond donors (Lipinski definition) is 2. The number of pyridine rings is 1. The van der Waals surface area contributed by atoms with Crippen molar-refractivity contribution in [3.8, 4) is 11.1 Å². The lowest BCUT2D eigenvalue weighted by Gasteiger charge is -2.29. The maximum atomic E-state index is 13.0. The molecule has 0 amide bonds. The Morgan fingerprint density at radius 2 is 1.75 bits per heavy atom. The smallest absolute Gasteiger partial charge is 0.274 e. The molecule has 0 radical (unpaired) electrons. The van der Waals surface area contributed by atoms with Crippen molar-refractivity contribution >= 4 is 26.4 Å². The summed E-state index contributed by atoms with van der Waals surface area (Å²) in [5, 5.41) is 4.27. The fourth-order valence-electron chi connectivity index (χ4n) is 4.93. The number of hydrogen-bond acceptors (Lipinski definition) is 4. The van der Waals surface area contributed by atoms with Gasteiger partial charge in [-0.25, -0.2) is 8.42 Å². The van der Waals surface area contributed by atoms with E-state index in [-0.39, 0.29) is 10.8 Å². The van der Waals surface area contributed by atoms with E-state index >= 15 is 0 Å². The van der Waals surface area contributed by atoms with E-state index < -0.39 is 9.84 Å². The highest BCUT2D eigenvalue weighted by Crippen LogP contribution is 2.39. The standard InChI is InChI=1S/C25H31N3O3S/c1-15-4-6-17(7-5-15)27-23-11-10-19(32(30,31)18-8-9-18)13-20(23)22-14-28(3)25(29)24-21(22)12-16(2)26-24/h10-15,17-18,26-27H,4-9H2,1-3H3. The molecule has 0 aliphatic heterocycles. The van der Waals surface area contributed by atoms with Gasteiger partial charge < -0.3 is 14.9 Å². The maximum Gasteiger partial charge on any atom is 0.274 e. The van der Waals surface area contributed by atoms with Crippen LogP contribution in [0.4, 0.5) is 5.69 Å². The fraction of sp³-hybridized carbons (Fsp3) is 0.480. The van der Waals surface area contributed by atoms with Crippen molar-refractivity contribution < 1.29 is 8.42 Å². The quantitative estimate of drug-likeness (QED) is 0.583. The summed E-state index contributed by atoms with van der Waals surface area (Å²) in [5.41, 5.74) is 4.00. The van der Waals surface area contributed by atoms with Crippen LogP contribution >= 0.6 is 0 Å². The van der Waals surface area contributed by atoms with Gasteiger partial charge in [0.15, 0.2) is 9.84 Å². The molecule has 5 rings (SSSR count). The van der Waals surface area contributed by atoms with Gasteiger partial charge in [-0.3, -0.25) is 4.79 Å². The first-order valence-corrected chi connectivity index (χ1v) is 13.1. The third-order valence-electron chi connectivity index (χ3n) is 7.05. The zero-order chi connectivity index (χ0) is 22.6. The van der Waals surface area contributed by atoms with Gasteiger partial charge in [-0.2, -0.15) is 0 Å². The normalized spacial score (nSPS) is 21.7. The largest absolute Gasteiger partial charge is 0.382 e. The minimum absolute atomic E-state index is 0.0885. The molecule has 7 heteroatoms. The van der Waals surface area contributed by atoms with E-state index in [9.17, 15) is 13.2 Å². The van der Waals surface area contributed by atoms with Crippen LogP contribution in [-0.2, 0) is 16.9 Å². The predicted octanol–water partition coefficient (Wildman–Crippen LogP) is 4.77. The minimum Gasteiger partial charge on any atom is -0.382 e. The molecule has 32 heavy (non-hydrogen) atoms. The SMILES string of the molecule is Cc1cc2c(-c3cc(S(=O)(=O)C4CC4)ccc3NC3CCC(C)CC3)cn(C)c(=O)c2[nH]1. The molecule has 2 N–H and O–H groups in total. The summed E-state index contributed by atoms with van der Waals surface area (Å²) in [6.45, 7) is 4.23. The number of fused-ring (bicyclic) bond motifs is 1. The molecule has 1 aromatic carbocycles. The van der Waals surface area contributed by atoms with Crippen LogP contribution in [0, 0.1) is 12.8 Å². The number of nitrogens with one attached hydrogen (secondary N) is 2. The molecule has 0 bridgehead atoms. The molecule has 0 atom stereocenters. The summed E-state index contributed by atoms with van der Waals surface area (Å²) in [6.07, 6.45) is 7.90. The zero-order valence-electron chi connectivity index (χ0n) is 18.9. The van der Waals surface area contributed by atoms with Gasteiger partial charge in [-0.1, -0.05) is 6.92 Å². The van der Waals surface area contributed by atoms with E-state index in [1.165, 1.54) is 12.8 Å². The molecule has 2 aromatic heterocycles. The van der Waals surface area contributed by atoms with Gasteiger partial charge in [0.1, 0.15) is 5.52 Å². The van der Waals surface area contributed by atoms with Gasteiger partial charge >= 0.3 is 0 Å². The van der Waals surface area contributed by atoms with Crippen LogP contribution in [-0.4, -0.2) is 29.3 Å². The van der Waals surface area contributed by atoms with E-state index in [1.807, 2.05) is 31.3 Å². The average Bonchev–Trinajstić information content (AvgIpc) is 3.55. The third-order valence-corrected chi connectivity index (χ3v) is 9.31. The van der Waals surface area contributed by atoms with E-state index in [0.717, 1.165) is 59.5 Å².